The van der Waals surface area contributed by atoms with Crippen LogP contribution in [0.2, 0.25) is 5.02 Å². The molecule has 0 spiro atoms. The minimum atomic E-state index is -0.808. The molecule has 0 saturated carbocycles. The van der Waals surface area contributed by atoms with Gasteiger partial charge in [-0.1, -0.05) is 48.9 Å². The van der Waals surface area contributed by atoms with Crippen LogP contribution in [-0.2, 0) is 16.2 Å². The molecule has 2 aromatic rings. The SMILES string of the molecule is CC[C@@H](C)NC(=O)C(=O)N/N=C\c1cccc(OCc2ccccc2Cl)c1. The average molecular weight is 388 g/mol. The number of benzene rings is 2. The lowest BCUT2D eigenvalue weighted by Crippen LogP contribution is -2.41. The minimum Gasteiger partial charge on any atom is -0.489 e. The predicted octanol–water partition coefficient (Wildman–Crippen LogP) is 3.28. The van der Waals surface area contributed by atoms with Crippen LogP contribution < -0.4 is 15.5 Å². The number of carbonyl (C=O) groups is 2. The van der Waals surface area contributed by atoms with Crippen LogP contribution in [0.4, 0.5) is 0 Å². The third-order valence-corrected chi connectivity index (χ3v) is 4.15. The highest BCUT2D eigenvalue weighted by atomic mass is 35.5. The van der Waals surface area contributed by atoms with E-state index in [-0.39, 0.29) is 6.04 Å². The first-order valence-corrected chi connectivity index (χ1v) is 8.97. The Balaban J connectivity index is 1.89. The van der Waals surface area contributed by atoms with Gasteiger partial charge in [-0.05, 0) is 37.1 Å². The van der Waals surface area contributed by atoms with E-state index in [4.69, 9.17) is 16.3 Å². The zero-order valence-electron chi connectivity index (χ0n) is 15.2. The van der Waals surface area contributed by atoms with E-state index < -0.39 is 11.8 Å². The fourth-order valence-electron chi connectivity index (χ4n) is 2.07. The lowest BCUT2D eigenvalue weighted by atomic mass is 10.2. The number of carbonyl (C=O) groups excluding carboxylic acids is 2. The van der Waals surface area contributed by atoms with Crippen molar-refractivity contribution in [2.24, 2.45) is 5.10 Å². The fraction of sp³-hybridized carbons (Fsp3) is 0.250. The van der Waals surface area contributed by atoms with Crippen molar-refractivity contribution in [1.29, 1.82) is 0 Å². The molecule has 0 heterocycles. The van der Waals surface area contributed by atoms with Gasteiger partial charge < -0.3 is 10.1 Å². The van der Waals surface area contributed by atoms with Crippen molar-refractivity contribution in [3.8, 4) is 5.75 Å². The smallest absolute Gasteiger partial charge is 0.329 e. The van der Waals surface area contributed by atoms with E-state index >= 15 is 0 Å². The molecule has 1 atom stereocenters. The summed E-state index contributed by atoms with van der Waals surface area (Å²) < 4.78 is 5.74. The summed E-state index contributed by atoms with van der Waals surface area (Å²) in [6.45, 7) is 4.08. The van der Waals surface area contributed by atoms with Crippen LogP contribution in [-0.4, -0.2) is 24.1 Å². The lowest BCUT2D eigenvalue weighted by molar-refractivity contribution is -0.139. The molecule has 0 saturated heterocycles. The zero-order chi connectivity index (χ0) is 19.6. The molecule has 2 amide bonds. The van der Waals surface area contributed by atoms with Gasteiger partial charge in [0.1, 0.15) is 12.4 Å². The molecule has 0 unspecified atom stereocenters. The molecule has 27 heavy (non-hydrogen) atoms. The number of nitrogens with zero attached hydrogens (tertiary/aromatic N) is 1. The van der Waals surface area contributed by atoms with Crippen molar-refractivity contribution < 1.29 is 14.3 Å². The number of amides is 2. The van der Waals surface area contributed by atoms with Crippen LogP contribution in [0.1, 0.15) is 31.4 Å². The van der Waals surface area contributed by atoms with E-state index in [0.717, 1.165) is 12.0 Å². The third-order valence-electron chi connectivity index (χ3n) is 3.79. The van der Waals surface area contributed by atoms with Gasteiger partial charge in [0.05, 0.1) is 6.21 Å². The number of hydrogen-bond donors (Lipinski definition) is 2. The second-order valence-electron chi connectivity index (χ2n) is 5.93. The quantitative estimate of drug-likeness (QED) is 0.434. The number of nitrogens with one attached hydrogen (secondary N) is 2. The highest BCUT2D eigenvalue weighted by molar-refractivity contribution is 6.35. The van der Waals surface area contributed by atoms with Gasteiger partial charge in [0, 0.05) is 16.6 Å². The van der Waals surface area contributed by atoms with Gasteiger partial charge in [-0.25, -0.2) is 5.43 Å². The molecular formula is C20H22ClN3O3. The highest BCUT2D eigenvalue weighted by Gasteiger charge is 2.14. The van der Waals surface area contributed by atoms with Gasteiger partial charge in [-0.2, -0.15) is 5.10 Å². The summed E-state index contributed by atoms with van der Waals surface area (Å²) in [4.78, 5) is 23.3. The Kier molecular flexibility index (Phi) is 7.82. The summed E-state index contributed by atoms with van der Waals surface area (Å²) in [6, 6.07) is 14.6. The Morgan fingerprint density at radius 1 is 1.19 bits per heavy atom. The maximum Gasteiger partial charge on any atom is 0.329 e. The van der Waals surface area contributed by atoms with E-state index in [2.05, 4.69) is 15.8 Å². The van der Waals surface area contributed by atoms with Crippen molar-refractivity contribution in [2.75, 3.05) is 0 Å². The van der Waals surface area contributed by atoms with Gasteiger partial charge in [0.15, 0.2) is 0 Å². The summed E-state index contributed by atoms with van der Waals surface area (Å²) >= 11 is 6.11. The first-order valence-electron chi connectivity index (χ1n) is 8.59. The Morgan fingerprint density at radius 3 is 2.70 bits per heavy atom. The highest BCUT2D eigenvalue weighted by Crippen LogP contribution is 2.19. The molecule has 0 aliphatic carbocycles. The van der Waals surface area contributed by atoms with E-state index in [0.29, 0.717) is 22.9 Å². The Hall–Kier alpha value is -2.86. The number of halogens is 1. The lowest BCUT2D eigenvalue weighted by Gasteiger charge is -2.09. The van der Waals surface area contributed by atoms with Crippen LogP contribution in [0.3, 0.4) is 0 Å². The van der Waals surface area contributed by atoms with E-state index in [1.807, 2.05) is 44.2 Å². The molecule has 0 radical (unpaired) electrons. The minimum absolute atomic E-state index is 0.0702. The molecule has 2 rings (SSSR count). The van der Waals surface area contributed by atoms with Crippen molar-refractivity contribution in [3.63, 3.8) is 0 Å². The van der Waals surface area contributed by atoms with Crippen LogP contribution in [0.25, 0.3) is 0 Å². The summed E-state index contributed by atoms with van der Waals surface area (Å²) in [6.07, 6.45) is 2.18. The van der Waals surface area contributed by atoms with Gasteiger partial charge in [-0.15, -0.1) is 0 Å². The normalized spacial score (nSPS) is 11.8. The predicted molar refractivity (Wildman–Crippen MR) is 106 cm³/mol. The summed E-state index contributed by atoms with van der Waals surface area (Å²) in [5, 5.41) is 7.02. The van der Waals surface area contributed by atoms with Crippen LogP contribution >= 0.6 is 11.6 Å². The van der Waals surface area contributed by atoms with E-state index in [1.165, 1.54) is 6.21 Å². The van der Waals surface area contributed by atoms with E-state index in [1.54, 1.807) is 18.2 Å². The van der Waals surface area contributed by atoms with Gasteiger partial charge in [-0.3, -0.25) is 9.59 Å². The van der Waals surface area contributed by atoms with E-state index in [9.17, 15) is 9.59 Å². The average Bonchev–Trinajstić information content (AvgIpc) is 2.67. The van der Waals surface area contributed by atoms with Crippen LogP contribution in [0.15, 0.2) is 53.6 Å². The van der Waals surface area contributed by atoms with Gasteiger partial charge in [0.25, 0.3) is 0 Å². The molecule has 142 valence electrons. The number of hydrazone groups is 1. The van der Waals surface area contributed by atoms with Crippen molar-refractivity contribution in [1.82, 2.24) is 10.7 Å². The molecular weight excluding hydrogens is 366 g/mol. The van der Waals surface area contributed by atoms with Crippen molar-refractivity contribution in [2.45, 2.75) is 32.9 Å². The Bertz CT molecular complexity index is 824. The van der Waals surface area contributed by atoms with Crippen molar-refractivity contribution in [3.05, 3.63) is 64.7 Å². The third kappa shape index (κ3) is 6.75. The topological polar surface area (TPSA) is 79.8 Å². The summed E-state index contributed by atoms with van der Waals surface area (Å²) in [5.74, 6) is -0.879. The molecule has 2 aromatic carbocycles. The zero-order valence-corrected chi connectivity index (χ0v) is 16.0. The molecule has 7 heteroatoms. The first-order chi connectivity index (χ1) is 13.0. The Morgan fingerprint density at radius 2 is 1.96 bits per heavy atom. The fourth-order valence-corrected chi connectivity index (χ4v) is 2.26. The summed E-state index contributed by atoms with van der Waals surface area (Å²) in [7, 11) is 0. The van der Waals surface area contributed by atoms with Crippen molar-refractivity contribution >= 4 is 29.6 Å². The first kappa shape index (κ1) is 20.5. The largest absolute Gasteiger partial charge is 0.489 e. The van der Waals surface area contributed by atoms with Crippen LogP contribution in [0.5, 0.6) is 5.75 Å². The Labute approximate surface area is 163 Å². The molecule has 0 aliphatic rings. The summed E-state index contributed by atoms with van der Waals surface area (Å²) in [5.41, 5.74) is 3.81. The molecule has 0 aromatic heterocycles. The molecule has 2 N–H and O–H groups in total. The molecule has 0 bridgehead atoms. The maximum absolute atomic E-state index is 11.7. The number of hydrogen-bond acceptors (Lipinski definition) is 4. The maximum atomic E-state index is 11.7. The molecule has 0 aliphatic heterocycles. The second kappa shape index (κ2) is 10.3. The monoisotopic (exact) mass is 387 g/mol. The van der Waals surface area contributed by atoms with Gasteiger partial charge in [0.2, 0.25) is 0 Å². The molecule has 0 fully saturated rings. The van der Waals surface area contributed by atoms with Gasteiger partial charge >= 0.3 is 11.8 Å². The molecule has 6 nitrogen and oxygen atoms in total. The number of rotatable bonds is 7. The number of ether oxygens (including phenoxy) is 1. The van der Waals surface area contributed by atoms with Crippen LogP contribution in [0, 0.1) is 0 Å². The second-order valence-corrected chi connectivity index (χ2v) is 6.34. The standard InChI is InChI=1S/C20H22ClN3O3/c1-3-14(2)23-19(25)20(26)24-22-12-15-7-6-9-17(11-15)27-13-16-8-4-5-10-18(16)21/h4-12,14H,3,13H2,1-2H3,(H,23,25)(H,24,26)/b22-12-/t14-/m1/s1.